The fourth-order valence-corrected chi connectivity index (χ4v) is 3.06. The summed E-state index contributed by atoms with van der Waals surface area (Å²) in [7, 11) is 1.86. The van der Waals surface area contributed by atoms with Gasteiger partial charge in [-0.15, -0.1) is 11.3 Å². The van der Waals surface area contributed by atoms with Crippen LogP contribution >= 0.6 is 22.9 Å². The lowest BCUT2D eigenvalue weighted by Gasteiger charge is -2.15. The maximum absolute atomic E-state index is 13.6. The Balaban J connectivity index is 2.22. The second-order valence-corrected chi connectivity index (χ2v) is 5.12. The Morgan fingerprint density at radius 3 is 2.71 bits per heavy atom. The van der Waals surface area contributed by atoms with Gasteiger partial charge < -0.3 is 5.32 Å². The molecule has 1 unspecified atom stereocenters. The summed E-state index contributed by atoms with van der Waals surface area (Å²) < 4.78 is 13.6. The van der Waals surface area contributed by atoms with Crippen molar-refractivity contribution in [1.82, 2.24) is 5.32 Å². The quantitative estimate of drug-likeness (QED) is 0.883. The van der Waals surface area contributed by atoms with E-state index in [0.717, 1.165) is 9.90 Å². The van der Waals surface area contributed by atoms with Crippen molar-refractivity contribution in [2.45, 2.75) is 12.5 Å². The van der Waals surface area contributed by atoms with Gasteiger partial charge in [-0.2, -0.15) is 0 Å². The number of thiophene rings is 1. The zero-order valence-corrected chi connectivity index (χ0v) is 11.0. The van der Waals surface area contributed by atoms with E-state index in [2.05, 4.69) is 5.32 Å². The molecule has 0 aliphatic carbocycles. The molecule has 0 bridgehead atoms. The monoisotopic (exact) mass is 269 g/mol. The Morgan fingerprint density at radius 1 is 1.35 bits per heavy atom. The number of benzene rings is 1. The van der Waals surface area contributed by atoms with Crippen LogP contribution in [-0.2, 0) is 6.42 Å². The van der Waals surface area contributed by atoms with Gasteiger partial charge in [0.15, 0.2) is 0 Å². The summed E-state index contributed by atoms with van der Waals surface area (Å²) in [6, 6.07) is 8.76. The van der Waals surface area contributed by atoms with Gasteiger partial charge in [0.2, 0.25) is 0 Å². The average molecular weight is 270 g/mol. The van der Waals surface area contributed by atoms with Crippen molar-refractivity contribution in [2.75, 3.05) is 7.05 Å². The molecule has 1 nitrogen and oxygen atoms in total. The molecule has 0 saturated heterocycles. The van der Waals surface area contributed by atoms with Gasteiger partial charge in [0.1, 0.15) is 5.82 Å². The number of hydrogen-bond acceptors (Lipinski definition) is 2. The highest BCUT2D eigenvalue weighted by Crippen LogP contribution is 2.30. The number of nitrogens with one attached hydrogen (secondary N) is 1. The largest absolute Gasteiger partial charge is 0.312 e. The molecule has 4 heteroatoms. The molecular weight excluding hydrogens is 257 g/mol. The van der Waals surface area contributed by atoms with Crippen LogP contribution in [0.3, 0.4) is 0 Å². The van der Waals surface area contributed by atoms with Gasteiger partial charge in [0, 0.05) is 10.9 Å². The van der Waals surface area contributed by atoms with Crippen molar-refractivity contribution < 1.29 is 4.39 Å². The van der Waals surface area contributed by atoms with Gasteiger partial charge in [-0.05, 0) is 36.5 Å². The molecule has 90 valence electrons. The minimum absolute atomic E-state index is 0.0550. The van der Waals surface area contributed by atoms with Crippen LogP contribution in [0.25, 0.3) is 0 Å². The number of likely N-dealkylation sites (N-methyl/N-ethyl adjacent to an activating group) is 1. The minimum Gasteiger partial charge on any atom is -0.312 e. The average Bonchev–Trinajstić information content (AvgIpc) is 2.75. The van der Waals surface area contributed by atoms with Gasteiger partial charge in [-0.25, -0.2) is 4.39 Å². The van der Waals surface area contributed by atoms with E-state index in [1.54, 1.807) is 23.5 Å². The zero-order chi connectivity index (χ0) is 12.3. The van der Waals surface area contributed by atoms with Crippen molar-refractivity contribution in [3.8, 4) is 0 Å². The molecule has 1 heterocycles. The van der Waals surface area contributed by atoms with Crippen molar-refractivity contribution >= 4 is 22.9 Å². The van der Waals surface area contributed by atoms with E-state index < -0.39 is 0 Å². The molecule has 0 amide bonds. The molecule has 2 rings (SSSR count). The molecule has 1 aromatic heterocycles. The summed E-state index contributed by atoms with van der Waals surface area (Å²) in [5, 5.41) is 5.87. The Labute approximate surface area is 109 Å². The van der Waals surface area contributed by atoms with Gasteiger partial charge in [-0.1, -0.05) is 29.8 Å². The highest BCUT2D eigenvalue weighted by molar-refractivity contribution is 7.10. The van der Waals surface area contributed by atoms with E-state index in [4.69, 9.17) is 11.6 Å². The minimum atomic E-state index is -0.166. The molecule has 17 heavy (non-hydrogen) atoms. The zero-order valence-electron chi connectivity index (χ0n) is 9.41. The van der Waals surface area contributed by atoms with Crippen LogP contribution in [-0.4, -0.2) is 7.05 Å². The molecular formula is C13H13ClFNS. The Kier molecular flexibility index (Phi) is 4.15. The van der Waals surface area contributed by atoms with Crippen LogP contribution in [0.5, 0.6) is 0 Å². The summed E-state index contributed by atoms with van der Waals surface area (Å²) >= 11 is 7.69. The van der Waals surface area contributed by atoms with Gasteiger partial charge in [0.25, 0.3) is 0 Å². The molecule has 1 aromatic carbocycles. The smallest absolute Gasteiger partial charge is 0.126 e. The maximum Gasteiger partial charge on any atom is 0.126 e. The first-order valence-corrected chi connectivity index (χ1v) is 6.61. The highest BCUT2D eigenvalue weighted by Gasteiger charge is 2.16. The van der Waals surface area contributed by atoms with E-state index in [-0.39, 0.29) is 11.9 Å². The fourth-order valence-electron chi connectivity index (χ4n) is 1.76. The van der Waals surface area contributed by atoms with E-state index in [9.17, 15) is 4.39 Å². The van der Waals surface area contributed by atoms with Gasteiger partial charge in [0.05, 0.1) is 5.02 Å². The summed E-state index contributed by atoms with van der Waals surface area (Å²) in [4.78, 5) is 1.05. The lowest BCUT2D eigenvalue weighted by atomic mass is 10.0. The predicted octanol–water partition coefficient (Wildman–Crippen LogP) is 4.04. The number of halogens is 2. The molecule has 0 fully saturated rings. The van der Waals surface area contributed by atoms with Crippen molar-refractivity contribution in [3.05, 3.63) is 57.0 Å². The van der Waals surface area contributed by atoms with E-state index in [1.807, 2.05) is 24.6 Å². The normalized spacial score (nSPS) is 12.6. The predicted molar refractivity (Wildman–Crippen MR) is 71.2 cm³/mol. The maximum atomic E-state index is 13.6. The van der Waals surface area contributed by atoms with E-state index in [1.165, 1.54) is 6.07 Å². The van der Waals surface area contributed by atoms with E-state index >= 15 is 0 Å². The van der Waals surface area contributed by atoms with E-state index in [0.29, 0.717) is 12.0 Å². The van der Waals surface area contributed by atoms with Crippen LogP contribution in [0.15, 0.2) is 35.7 Å². The topological polar surface area (TPSA) is 12.0 Å². The van der Waals surface area contributed by atoms with Crippen molar-refractivity contribution in [2.24, 2.45) is 0 Å². The SMILES string of the molecule is CNC(Cc1ccccc1F)c1sccc1Cl. The summed E-state index contributed by atoms with van der Waals surface area (Å²) in [6.07, 6.45) is 0.601. The van der Waals surface area contributed by atoms with Crippen LogP contribution < -0.4 is 5.32 Å². The first kappa shape index (κ1) is 12.6. The molecule has 0 saturated carbocycles. The van der Waals surface area contributed by atoms with Crippen LogP contribution in [0.4, 0.5) is 4.39 Å². The first-order valence-electron chi connectivity index (χ1n) is 5.36. The molecule has 1 N–H and O–H groups in total. The van der Waals surface area contributed by atoms with Crippen molar-refractivity contribution in [1.29, 1.82) is 0 Å². The lowest BCUT2D eigenvalue weighted by molar-refractivity contribution is 0.560. The lowest BCUT2D eigenvalue weighted by Crippen LogP contribution is -2.18. The summed E-state index contributed by atoms with van der Waals surface area (Å²) in [6.45, 7) is 0. The van der Waals surface area contributed by atoms with Gasteiger partial charge in [-0.3, -0.25) is 0 Å². The molecule has 0 radical (unpaired) electrons. The number of hydrogen-bond donors (Lipinski definition) is 1. The highest BCUT2D eigenvalue weighted by atomic mass is 35.5. The summed E-state index contributed by atoms with van der Waals surface area (Å²) in [5.41, 5.74) is 0.705. The molecule has 0 aliphatic heterocycles. The fraction of sp³-hybridized carbons (Fsp3) is 0.231. The Bertz CT molecular complexity index is 498. The third-order valence-electron chi connectivity index (χ3n) is 2.69. The second kappa shape index (κ2) is 5.63. The van der Waals surface area contributed by atoms with Crippen molar-refractivity contribution in [3.63, 3.8) is 0 Å². The molecule has 1 atom stereocenters. The van der Waals surface area contributed by atoms with Crippen LogP contribution in [0.1, 0.15) is 16.5 Å². The third kappa shape index (κ3) is 2.86. The second-order valence-electron chi connectivity index (χ2n) is 3.77. The Morgan fingerprint density at radius 2 is 2.12 bits per heavy atom. The first-order chi connectivity index (χ1) is 8.22. The molecule has 0 aliphatic rings. The molecule has 0 spiro atoms. The Hall–Kier alpha value is -0.900. The van der Waals surface area contributed by atoms with Crippen LogP contribution in [0.2, 0.25) is 5.02 Å². The van der Waals surface area contributed by atoms with Crippen LogP contribution in [0, 0.1) is 5.82 Å². The molecule has 2 aromatic rings. The summed E-state index contributed by atoms with van der Waals surface area (Å²) in [5.74, 6) is -0.166. The third-order valence-corrected chi connectivity index (χ3v) is 4.16. The number of rotatable bonds is 4. The standard InChI is InChI=1S/C13H13ClFNS/c1-16-12(13-10(14)6-7-17-13)8-9-4-2-3-5-11(9)15/h2-7,12,16H,8H2,1H3. The van der Waals surface area contributed by atoms with Gasteiger partial charge >= 0.3 is 0 Å².